The first-order valence-corrected chi connectivity index (χ1v) is 14.3. The van der Waals surface area contributed by atoms with Crippen molar-refractivity contribution in [2.24, 2.45) is 0 Å². The third kappa shape index (κ3) is 6.20. The van der Waals surface area contributed by atoms with Crippen LogP contribution in [0.15, 0.2) is 48.7 Å². The van der Waals surface area contributed by atoms with E-state index in [1.54, 1.807) is 12.3 Å². The summed E-state index contributed by atoms with van der Waals surface area (Å²) in [6.07, 6.45) is 6.70. The van der Waals surface area contributed by atoms with Crippen molar-refractivity contribution in [3.63, 3.8) is 0 Å². The summed E-state index contributed by atoms with van der Waals surface area (Å²) in [7, 11) is 0. The van der Waals surface area contributed by atoms with E-state index in [2.05, 4.69) is 9.88 Å². The average molecular weight is 540 g/mol. The van der Waals surface area contributed by atoms with Gasteiger partial charge in [0.25, 0.3) is 0 Å². The Balaban J connectivity index is 0.000000689. The van der Waals surface area contributed by atoms with E-state index in [0.29, 0.717) is 30.4 Å². The Bertz CT molecular complexity index is 1350. The number of carbonyl (C=O) groups excluding carboxylic acids is 1. The lowest BCUT2D eigenvalue weighted by atomic mass is 9.89. The highest BCUT2D eigenvalue weighted by molar-refractivity contribution is 7.78. The molecule has 2 saturated heterocycles. The van der Waals surface area contributed by atoms with Crippen LogP contribution in [0, 0.1) is 5.82 Å². The number of likely N-dealkylation sites (tertiary alicyclic amines) is 1. The summed E-state index contributed by atoms with van der Waals surface area (Å²) in [5, 5.41) is 0.968. The van der Waals surface area contributed by atoms with Crippen LogP contribution in [0.25, 0.3) is 22.0 Å². The molecule has 2 aliphatic heterocycles. The van der Waals surface area contributed by atoms with E-state index < -0.39 is 11.1 Å². The molecule has 2 N–H and O–H groups in total. The fourth-order valence-electron chi connectivity index (χ4n) is 5.30. The normalized spacial score (nSPS) is 20.3. The van der Waals surface area contributed by atoms with Gasteiger partial charge < -0.3 is 19.9 Å². The molecule has 1 aromatic heterocycles. The van der Waals surface area contributed by atoms with Crippen LogP contribution in [0.2, 0.25) is 0 Å². The Hall–Kier alpha value is -2.92. The number of aromatic nitrogens is 1. The van der Waals surface area contributed by atoms with E-state index in [1.165, 1.54) is 0 Å². The van der Waals surface area contributed by atoms with Crippen molar-refractivity contribution in [1.82, 2.24) is 14.8 Å². The highest BCUT2D eigenvalue weighted by atomic mass is 32.2. The molecular formula is C28H32FN4O4S-. The van der Waals surface area contributed by atoms with Crippen molar-refractivity contribution in [3.05, 3.63) is 60.0 Å². The van der Waals surface area contributed by atoms with Crippen LogP contribution < -0.4 is 5.73 Å². The molecule has 1 amide bonds. The van der Waals surface area contributed by atoms with Gasteiger partial charge in [0.05, 0.1) is 29.5 Å². The number of hydrogen-bond donors (Lipinski definition) is 1. The lowest BCUT2D eigenvalue weighted by Gasteiger charge is -2.47. The number of amides is 1. The predicted octanol–water partition coefficient (Wildman–Crippen LogP) is 3.47. The third-order valence-corrected chi connectivity index (χ3v) is 7.52. The second-order valence-electron chi connectivity index (χ2n) is 10.4. The van der Waals surface area contributed by atoms with Gasteiger partial charge in [0.1, 0.15) is 12.4 Å². The summed E-state index contributed by atoms with van der Waals surface area (Å²) >= 11 is -1.86. The van der Waals surface area contributed by atoms with Gasteiger partial charge in [-0.25, -0.2) is 4.39 Å². The van der Waals surface area contributed by atoms with Gasteiger partial charge in [-0.15, -0.1) is 0 Å². The van der Waals surface area contributed by atoms with Crippen molar-refractivity contribution in [1.29, 1.82) is 0 Å². The zero-order chi connectivity index (χ0) is 26.9. The fourth-order valence-corrected chi connectivity index (χ4v) is 5.30. The van der Waals surface area contributed by atoms with Crippen molar-refractivity contribution in [2.75, 3.05) is 38.2 Å². The summed E-state index contributed by atoms with van der Waals surface area (Å²) in [5.74, 6) is -0.0633. The summed E-state index contributed by atoms with van der Waals surface area (Å²) in [6.45, 7) is 3.16. The number of benzene rings is 2. The highest BCUT2D eigenvalue weighted by Crippen LogP contribution is 2.36. The van der Waals surface area contributed by atoms with Gasteiger partial charge in [0, 0.05) is 36.6 Å². The quantitative estimate of drug-likeness (QED) is 0.505. The number of piperidine rings is 1. The van der Waals surface area contributed by atoms with Crippen LogP contribution in [-0.2, 0) is 27.2 Å². The summed E-state index contributed by atoms with van der Waals surface area (Å²) < 4.78 is 39.1. The van der Waals surface area contributed by atoms with Crippen LogP contribution in [0.5, 0.6) is 0 Å². The average Bonchev–Trinajstić information content (AvgIpc) is 3.73. The maximum absolute atomic E-state index is 15.1. The number of halogens is 1. The molecule has 1 atom stereocenters. The number of nitrogens with two attached hydrogens (primary N) is 1. The first kappa shape index (κ1) is 26.7. The molecular weight excluding hydrogens is 507 g/mol. The Labute approximate surface area is 224 Å². The first-order chi connectivity index (χ1) is 18.2. The van der Waals surface area contributed by atoms with E-state index in [9.17, 15) is 4.79 Å². The van der Waals surface area contributed by atoms with Crippen molar-refractivity contribution in [2.45, 2.75) is 43.9 Å². The van der Waals surface area contributed by atoms with Gasteiger partial charge in [-0.2, -0.15) is 0 Å². The summed E-state index contributed by atoms with van der Waals surface area (Å²) in [5.41, 5.74) is 9.51. The van der Waals surface area contributed by atoms with E-state index in [-0.39, 0.29) is 23.9 Å². The van der Waals surface area contributed by atoms with Crippen LogP contribution in [-0.4, -0.2) is 73.6 Å². The fraction of sp³-hybridized carbons (Fsp3) is 0.429. The number of pyridine rings is 1. The van der Waals surface area contributed by atoms with Crippen molar-refractivity contribution < 1.29 is 22.7 Å². The van der Waals surface area contributed by atoms with Crippen molar-refractivity contribution in [3.8, 4) is 11.1 Å². The molecule has 38 heavy (non-hydrogen) atoms. The van der Waals surface area contributed by atoms with Gasteiger partial charge in [0.15, 0.2) is 0 Å². The lowest BCUT2D eigenvalue weighted by molar-refractivity contribution is -0.172. The van der Waals surface area contributed by atoms with Gasteiger partial charge in [0.2, 0.25) is 5.91 Å². The number of hydrogen-bond acceptors (Lipinski definition) is 7. The minimum absolute atomic E-state index is 0.129. The SMILES string of the molecule is CS(=O)[O-].Nc1cnc2cc(-c3ccc(CN4CCC5(CC4)CN(C4CC4)C(=O)CO5)c(F)c3)ccc2c1. The molecule has 6 rings (SSSR count). The molecule has 8 nitrogen and oxygen atoms in total. The number of rotatable bonds is 4. The molecule has 202 valence electrons. The second kappa shape index (κ2) is 11.1. The van der Waals surface area contributed by atoms with Crippen LogP contribution in [0.4, 0.5) is 10.1 Å². The van der Waals surface area contributed by atoms with E-state index in [1.807, 2.05) is 41.3 Å². The molecule has 1 unspecified atom stereocenters. The molecule has 3 fully saturated rings. The number of ether oxygens (including phenoxy) is 1. The van der Waals surface area contributed by atoms with Gasteiger partial charge in [-0.1, -0.05) is 35.3 Å². The Morgan fingerprint density at radius 1 is 1.16 bits per heavy atom. The van der Waals surface area contributed by atoms with E-state index in [4.69, 9.17) is 19.2 Å². The maximum Gasteiger partial charge on any atom is 0.248 e. The number of morpholine rings is 1. The molecule has 1 aliphatic carbocycles. The number of nitrogens with zero attached hydrogens (tertiary/aromatic N) is 3. The van der Waals surface area contributed by atoms with Gasteiger partial charge >= 0.3 is 0 Å². The molecule has 3 aliphatic rings. The number of carbonyl (C=O) groups is 1. The summed E-state index contributed by atoms with van der Waals surface area (Å²) in [4.78, 5) is 20.9. The maximum atomic E-state index is 15.1. The highest BCUT2D eigenvalue weighted by Gasteiger charge is 2.46. The van der Waals surface area contributed by atoms with E-state index in [0.717, 1.165) is 67.1 Å². The van der Waals surface area contributed by atoms with Gasteiger partial charge in [-0.3, -0.25) is 18.9 Å². The standard InChI is InChI=1S/C27H29FN4O2.CH4O2S/c28-24-12-18(19-1-3-20-11-22(29)14-30-25(20)13-19)2-4-21(24)15-31-9-7-27(8-10-31)17-32(23-5-6-23)26(33)16-34-27;1-4(2)3/h1-4,11-14,23H,5-10,15-17,29H2;1H3,(H,2,3)/p-1. The molecule has 1 spiro atoms. The molecule has 2 aromatic carbocycles. The summed E-state index contributed by atoms with van der Waals surface area (Å²) in [6, 6.07) is 13.7. The first-order valence-electron chi connectivity index (χ1n) is 12.8. The smallest absolute Gasteiger partial charge is 0.248 e. The Morgan fingerprint density at radius 3 is 2.53 bits per heavy atom. The predicted molar refractivity (Wildman–Crippen MR) is 144 cm³/mol. The zero-order valence-corrected chi connectivity index (χ0v) is 22.2. The minimum atomic E-state index is -1.86. The number of anilines is 1. The van der Waals surface area contributed by atoms with E-state index >= 15 is 4.39 Å². The number of nitrogen functional groups attached to an aromatic ring is 1. The monoisotopic (exact) mass is 539 g/mol. The second-order valence-corrected chi connectivity index (χ2v) is 11.2. The molecule has 3 aromatic rings. The topological polar surface area (TPSA) is 112 Å². The molecule has 10 heteroatoms. The lowest BCUT2D eigenvalue weighted by Crippen LogP contribution is -2.59. The van der Waals surface area contributed by atoms with Crippen LogP contribution in [0.3, 0.4) is 0 Å². The Kier molecular flexibility index (Phi) is 7.76. The minimum Gasteiger partial charge on any atom is -0.773 e. The van der Waals surface area contributed by atoms with Crippen molar-refractivity contribution >= 4 is 33.6 Å². The number of fused-ring (bicyclic) bond motifs is 1. The van der Waals surface area contributed by atoms with Crippen LogP contribution in [0.1, 0.15) is 31.2 Å². The molecule has 0 bridgehead atoms. The molecule has 3 heterocycles. The largest absolute Gasteiger partial charge is 0.773 e. The Morgan fingerprint density at radius 2 is 1.84 bits per heavy atom. The van der Waals surface area contributed by atoms with Gasteiger partial charge in [-0.05, 0) is 61.3 Å². The zero-order valence-electron chi connectivity index (χ0n) is 21.4. The molecule has 0 radical (unpaired) electrons. The third-order valence-electron chi connectivity index (χ3n) is 7.52. The van der Waals surface area contributed by atoms with Crippen LogP contribution >= 0.6 is 0 Å². The molecule has 1 saturated carbocycles.